The molecule has 0 saturated heterocycles. The van der Waals surface area contributed by atoms with Gasteiger partial charge in [-0.2, -0.15) is 0 Å². The molecule has 1 N–H and O–H groups in total. The van der Waals surface area contributed by atoms with Crippen molar-refractivity contribution in [3.8, 4) is 0 Å². The zero-order chi connectivity index (χ0) is 13.7. The van der Waals surface area contributed by atoms with E-state index in [1.165, 1.54) is 16.9 Å². The van der Waals surface area contributed by atoms with Gasteiger partial charge in [0.15, 0.2) is 0 Å². The second-order valence-corrected chi connectivity index (χ2v) is 6.98. The number of thiophene rings is 2. The van der Waals surface area contributed by atoms with Gasteiger partial charge in [-0.05, 0) is 24.3 Å². The van der Waals surface area contributed by atoms with Crippen LogP contribution in [0.1, 0.15) is 14.6 Å². The molecule has 2 aromatic heterocycles. The number of carbonyl (C=O) groups is 1. The average Bonchev–Trinajstić information content (AvgIpc) is 2.99. The van der Waals surface area contributed by atoms with Gasteiger partial charge in [0, 0.05) is 27.7 Å². The molecule has 0 aromatic carbocycles. The Bertz CT molecular complexity index is 550. The largest absolute Gasteiger partial charge is 0.469 e. The highest BCUT2D eigenvalue weighted by atomic mass is 35.5. The van der Waals surface area contributed by atoms with Crippen molar-refractivity contribution >= 4 is 40.2 Å². The van der Waals surface area contributed by atoms with Gasteiger partial charge in [0.1, 0.15) is 0 Å². The maximum atomic E-state index is 11.1. The van der Waals surface area contributed by atoms with Gasteiger partial charge in [-0.3, -0.25) is 4.79 Å². The quantitative estimate of drug-likeness (QED) is 0.830. The average molecular weight is 316 g/mol. The summed E-state index contributed by atoms with van der Waals surface area (Å²) >= 11 is 9.09. The summed E-state index contributed by atoms with van der Waals surface area (Å²) in [6.07, 6.45) is 0.349. The fourth-order valence-electron chi connectivity index (χ4n) is 1.58. The van der Waals surface area contributed by atoms with Crippen LogP contribution in [0.4, 0.5) is 0 Å². The Morgan fingerprint density at radius 1 is 1.16 bits per heavy atom. The van der Waals surface area contributed by atoms with Crippen molar-refractivity contribution in [3.05, 3.63) is 43.2 Å². The SMILES string of the molecule is COC(=O)Cc1ccc(CNCc2ccc(Cl)s2)s1. The first-order valence-corrected chi connectivity index (χ1v) is 7.78. The van der Waals surface area contributed by atoms with Gasteiger partial charge in [0.05, 0.1) is 17.9 Å². The second kappa shape index (κ2) is 7.05. The summed E-state index contributed by atoms with van der Waals surface area (Å²) < 4.78 is 5.46. The third-order valence-corrected chi connectivity index (χ3v) is 4.81. The van der Waals surface area contributed by atoms with Gasteiger partial charge in [-0.1, -0.05) is 11.6 Å². The van der Waals surface area contributed by atoms with E-state index in [4.69, 9.17) is 11.6 Å². The van der Waals surface area contributed by atoms with Crippen LogP contribution in [0, 0.1) is 0 Å². The van der Waals surface area contributed by atoms with E-state index in [1.54, 1.807) is 22.7 Å². The van der Waals surface area contributed by atoms with Crippen molar-refractivity contribution in [1.29, 1.82) is 0 Å². The van der Waals surface area contributed by atoms with Crippen molar-refractivity contribution in [2.75, 3.05) is 7.11 Å². The van der Waals surface area contributed by atoms with Crippen LogP contribution in [0.3, 0.4) is 0 Å². The molecule has 0 aliphatic rings. The Kier molecular flexibility index (Phi) is 5.39. The lowest BCUT2D eigenvalue weighted by atomic mass is 10.3. The summed E-state index contributed by atoms with van der Waals surface area (Å²) in [5.41, 5.74) is 0. The molecule has 6 heteroatoms. The van der Waals surface area contributed by atoms with E-state index in [0.717, 1.165) is 22.3 Å². The Morgan fingerprint density at radius 2 is 1.79 bits per heavy atom. The van der Waals surface area contributed by atoms with Crippen LogP contribution in [-0.2, 0) is 29.0 Å². The summed E-state index contributed by atoms with van der Waals surface area (Å²) in [5, 5.41) is 3.36. The Morgan fingerprint density at radius 3 is 2.42 bits per heavy atom. The minimum atomic E-state index is -0.199. The van der Waals surface area contributed by atoms with Gasteiger partial charge < -0.3 is 10.1 Å². The second-order valence-electron chi connectivity index (χ2n) is 3.93. The first-order chi connectivity index (χ1) is 9.17. The Labute approximate surface area is 125 Å². The van der Waals surface area contributed by atoms with Gasteiger partial charge in [-0.25, -0.2) is 0 Å². The topological polar surface area (TPSA) is 38.3 Å². The van der Waals surface area contributed by atoms with E-state index in [-0.39, 0.29) is 5.97 Å². The standard InChI is InChI=1S/C13H14ClNO2S2/c1-17-13(16)6-9-2-3-10(18-9)7-15-8-11-4-5-12(14)19-11/h2-5,15H,6-8H2,1H3. The lowest BCUT2D eigenvalue weighted by Crippen LogP contribution is -2.10. The van der Waals surface area contributed by atoms with E-state index < -0.39 is 0 Å². The number of carbonyl (C=O) groups excluding carboxylic acids is 1. The normalized spacial score (nSPS) is 10.6. The van der Waals surface area contributed by atoms with Gasteiger partial charge in [-0.15, -0.1) is 22.7 Å². The number of rotatable bonds is 6. The monoisotopic (exact) mass is 315 g/mol. The molecule has 0 atom stereocenters. The molecule has 0 amide bonds. The first-order valence-electron chi connectivity index (χ1n) is 5.76. The number of hydrogen-bond acceptors (Lipinski definition) is 5. The summed E-state index contributed by atoms with van der Waals surface area (Å²) in [5.74, 6) is -0.199. The highest BCUT2D eigenvalue weighted by Crippen LogP contribution is 2.21. The van der Waals surface area contributed by atoms with Crippen LogP contribution < -0.4 is 5.32 Å². The molecule has 0 radical (unpaired) electrons. The van der Waals surface area contributed by atoms with Crippen molar-refractivity contribution in [2.24, 2.45) is 0 Å². The maximum Gasteiger partial charge on any atom is 0.310 e. The predicted octanol–water partition coefficient (Wildman–Crippen LogP) is 3.47. The Hall–Kier alpha value is -0.880. The highest BCUT2D eigenvalue weighted by molar-refractivity contribution is 7.16. The van der Waals surface area contributed by atoms with Crippen LogP contribution in [0.2, 0.25) is 4.34 Å². The molecular formula is C13H14ClNO2S2. The van der Waals surface area contributed by atoms with E-state index >= 15 is 0 Å². The predicted molar refractivity (Wildman–Crippen MR) is 79.9 cm³/mol. The van der Waals surface area contributed by atoms with Crippen molar-refractivity contribution < 1.29 is 9.53 Å². The van der Waals surface area contributed by atoms with Crippen molar-refractivity contribution in [2.45, 2.75) is 19.5 Å². The smallest absolute Gasteiger partial charge is 0.310 e. The zero-order valence-electron chi connectivity index (χ0n) is 10.4. The maximum absolute atomic E-state index is 11.1. The number of ether oxygens (including phenoxy) is 1. The molecule has 102 valence electrons. The summed E-state index contributed by atoms with van der Waals surface area (Å²) in [4.78, 5) is 14.6. The molecule has 0 fully saturated rings. The fourth-order valence-corrected chi connectivity index (χ4v) is 3.61. The number of halogens is 1. The molecule has 3 nitrogen and oxygen atoms in total. The first kappa shape index (κ1) is 14.5. The van der Waals surface area contributed by atoms with E-state index in [1.807, 2.05) is 24.3 Å². The molecule has 0 bridgehead atoms. The van der Waals surface area contributed by atoms with Gasteiger partial charge >= 0.3 is 5.97 Å². The molecule has 2 rings (SSSR count). The van der Waals surface area contributed by atoms with Crippen molar-refractivity contribution in [1.82, 2.24) is 5.32 Å². The molecule has 2 heterocycles. The number of esters is 1. The van der Waals surface area contributed by atoms with E-state index in [9.17, 15) is 4.79 Å². The summed E-state index contributed by atoms with van der Waals surface area (Å²) in [6.45, 7) is 1.60. The molecule has 0 saturated carbocycles. The molecule has 19 heavy (non-hydrogen) atoms. The van der Waals surface area contributed by atoms with Gasteiger partial charge in [0.25, 0.3) is 0 Å². The third-order valence-electron chi connectivity index (χ3n) is 2.49. The molecule has 0 aliphatic carbocycles. The number of hydrogen-bond donors (Lipinski definition) is 1. The molecule has 2 aromatic rings. The Balaban J connectivity index is 1.78. The third kappa shape index (κ3) is 4.62. The highest BCUT2D eigenvalue weighted by Gasteiger charge is 2.06. The van der Waals surface area contributed by atoms with E-state index in [2.05, 4.69) is 10.1 Å². The lowest BCUT2D eigenvalue weighted by molar-refractivity contribution is -0.139. The number of nitrogens with one attached hydrogen (secondary N) is 1. The van der Waals surface area contributed by atoms with Crippen LogP contribution in [0.15, 0.2) is 24.3 Å². The minimum absolute atomic E-state index is 0.199. The fraction of sp³-hybridized carbons (Fsp3) is 0.308. The van der Waals surface area contributed by atoms with Crippen LogP contribution in [0.25, 0.3) is 0 Å². The van der Waals surface area contributed by atoms with Crippen LogP contribution in [-0.4, -0.2) is 13.1 Å². The molecular weight excluding hydrogens is 302 g/mol. The van der Waals surface area contributed by atoms with E-state index in [0.29, 0.717) is 6.42 Å². The van der Waals surface area contributed by atoms with Crippen molar-refractivity contribution in [3.63, 3.8) is 0 Å². The van der Waals surface area contributed by atoms with Crippen LogP contribution in [0.5, 0.6) is 0 Å². The summed E-state index contributed by atoms with van der Waals surface area (Å²) in [7, 11) is 1.41. The summed E-state index contributed by atoms with van der Waals surface area (Å²) in [6, 6.07) is 7.94. The van der Waals surface area contributed by atoms with Gasteiger partial charge in [0.2, 0.25) is 0 Å². The molecule has 0 aliphatic heterocycles. The lowest BCUT2D eigenvalue weighted by Gasteiger charge is -2.00. The number of methoxy groups -OCH3 is 1. The zero-order valence-corrected chi connectivity index (χ0v) is 12.8. The minimum Gasteiger partial charge on any atom is -0.469 e. The molecule has 0 spiro atoms. The molecule has 0 unspecified atom stereocenters. The van der Waals surface area contributed by atoms with Crippen LogP contribution >= 0.6 is 34.3 Å².